The van der Waals surface area contributed by atoms with Crippen LogP contribution in [0.2, 0.25) is 5.02 Å². The Balaban J connectivity index is 2.31. The van der Waals surface area contributed by atoms with Gasteiger partial charge in [-0.3, -0.25) is 0 Å². The van der Waals surface area contributed by atoms with Crippen LogP contribution in [0.5, 0.6) is 0 Å². The van der Waals surface area contributed by atoms with E-state index < -0.39 is 32.6 Å². The lowest BCUT2D eigenvalue weighted by molar-refractivity contribution is 0.538. The van der Waals surface area contributed by atoms with Crippen molar-refractivity contribution in [2.45, 2.75) is 17.9 Å². The van der Waals surface area contributed by atoms with Gasteiger partial charge in [-0.25, -0.2) is 21.9 Å². The van der Waals surface area contributed by atoms with Gasteiger partial charge in [0.1, 0.15) is 16.5 Å². The lowest BCUT2D eigenvalue weighted by Crippen LogP contribution is -2.27. The molecule has 0 bridgehead atoms. The molecule has 0 radical (unpaired) electrons. The van der Waals surface area contributed by atoms with Gasteiger partial charge in [0, 0.05) is 11.1 Å². The molecule has 21 heavy (non-hydrogen) atoms. The smallest absolute Gasteiger partial charge is 0.207 e. The van der Waals surface area contributed by atoms with Gasteiger partial charge in [0.2, 0.25) is 10.0 Å². The van der Waals surface area contributed by atoms with Gasteiger partial charge in [-0.1, -0.05) is 23.7 Å². The zero-order valence-electron chi connectivity index (χ0n) is 11.0. The molecule has 0 aliphatic carbocycles. The minimum Gasteiger partial charge on any atom is -0.207 e. The van der Waals surface area contributed by atoms with Gasteiger partial charge >= 0.3 is 0 Å². The quantitative estimate of drug-likeness (QED) is 0.929. The highest BCUT2D eigenvalue weighted by molar-refractivity contribution is 7.89. The summed E-state index contributed by atoms with van der Waals surface area (Å²) >= 11 is 5.84. The second kappa shape index (κ2) is 6.09. The summed E-state index contributed by atoms with van der Waals surface area (Å²) in [5, 5.41) is 0.454. The Kier molecular flexibility index (Phi) is 4.61. The van der Waals surface area contributed by atoms with E-state index in [4.69, 9.17) is 11.6 Å². The van der Waals surface area contributed by atoms with E-state index in [1.165, 1.54) is 0 Å². The SMILES string of the molecule is CC(NS(=O)(=O)c1cc(F)ccc1F)c1cccc(Cl)c1. The van der Waals surface area contributed by atoms with E-state index in [-0.39, 0.29) is 0 Å². The maximum Gasteiger partial charge on any atom is 0.244 e. The zero-order chi connectivity index (χ0) is 15.6. The minimum atomic E-state index is -4.18. The highest BCUT2D eigenvalue weighted by Gasteiger charge is 2.22. The average molecular weight is 332 g/mol. The summed E-state index contributed by atoms with van der Waals surface area (Å²) < 4.78 is 53.2. The van der Waals surface area contributed by atoms with E-state index in [2.05, 4.69) is 4.72 Å². The molecular formula is C14H12ClF2NO2S. The predicted octanol–water partition coefficient (Wildman–Crippen LogP) is 3.66. The molecule has 0 saturated heterocycles. The van der Waals surface area contributed by atoms with Crippen molar-refractivity contribution in [1.29, 1.82) is 0 Å². The Labute approximate surface area is 126 Å². The van der Waals surface area contributed by atoms with Crippen LogP contribution in [0, 0.1) is 11.6 Å². The van der Waals surface area contributed by atoms with Crippen LogP contribution >= 0.6 is 11.6 Å². The maximum absolute atomic E-state index is 13.6. The van der Waals surface area contributed by atoms with Crippen molar-refractivity contribution in [3.63, 3.8) is 0 Å². The Morgan fingerprint density at radius 3 is 2.52 bits per heavy atom. The molecule has 0 fully saturated rings. The summed E-state index contributed by atoms with van der Waals surface area (Å²) in [4.78, 5) is -0.726. The number of nitrogens with one attached hydrogen (secondary N) is 1. The van der Waals surface area contributed by atoms with Gasteiger partial charge in [-0.05, 0) is 42.8 Å². The van der Waals surface area contributed by atoms with Gasteiger partial charge in [0.25, 0.3) is 0 Å². The minimum absolute atomic E-state index is 0.454. The van der Waals surface area contributed by atoms with Crippen molar-refractivity contribution >= 4 is 21.6 Å². The van der Waals surface area contributed by atoms with Crippen molar-refractivity contribution < 1.29 is 17.2 Å². The number of benzene rings is 2. The van der Waals surface area contributed by atoms with Gasteiger partial charge in [-0.15, -0.1) is 0 Å². The molecular weight excluding hydrogens is 320 g/mol. The third kappa shape index (κ3) is 3.78. The van der Waals surface area contributed by atoms with Crippen molar-refractivity contribution in [2.24, 2.45) is 0 Å². The van der Waals surface area contributed by atoms with Crippen LogP contribution in [0.3, 0.4) is 0 Å². The van der Waals surface area contributed by atoms with Gasteiger partial charge in [0.05, 0.1) is 0 Å². The van der Waals surface area contributed by atoms with Crippen molar-refractivity contribution in [3.05, 3.63) is 64.7 Å². The van der Waals surface area contributed by atoms with Crippen LogP contribution in [-0.2, 0) is 10.0 Å². The molecule has 0 amide bonds. The maximum atomic E-state index is 13.6. The largest absolute Gasteiger partial charge is 0.244 e. The molecule has 0 saturated carbocycles. The molecule has 112 valence electrons. The second-order valence-electron chi connectivity index (χ2n) is 4.47. The molecule has 3 nitrogen and oxygen atoms in total. The lowest BCUT2D eigenvalue weighted by Gasteiger charge is -2.15. The molecule has 1 unspecified atom stereocenters. The van der Waals surface area contributed by atoms with Crippen LogP contribution in [0.4, 0.5) is 8.78 Å². The first-order chi connectivity index (χ1) is 9.79. The standard InChI is InChI=1S/C14H12ClF2NO2S/c1-9(10-3-2-4-11(15)7-10)18-21(19,20)14-8-12(16)5-6-13(14)17/h2-9,18H,1H3. The van der Waals surface area contributed by atoms with Crippen molar-refractivity contribution in [3.8, 4) is 0 Å². The number of hydrogen-bond donors (Lipinski definition) is 1. The fraction of sp³-hybridized carbons (Fsp3) is 0.143. The normalized spacial score (nSPS) is 13.1. The molecule has 0 aromatic heterocycles. The van der Waals surface area contributed by atoms with Crippen LogP contribution in [0.1, 0.15) is 18.5 Å². The Morgan fingerprint density at radius 1 is 1.14 bits per heavy atom. The third-order valence-electron chi connectivity index (χ3n) is 2.86. The Bertz CT molecular complexity index is 765. The van der Waals surface area contributed by atoms with Crippen LogP contribution < -0.4 is 4.72 Å². The van der Waals surface area contributed by atoms with Gasteiger partial charge < -0.3 is 0 Å². The van der Waals surface area contributed by atoms with Crippen molar-refractivity contribution in [1.82, 2.24) is 4.72 Å². The molecule has 2 aromatic rings. The van der Waals surface area contributed by atoms with Crippen molar-refractivity contribution in [2.75, 3.05) is 0 Å². The van der Waals surface area contributed by atoms with E-state index in [0.29, 0.717) is 16.7 Å². The molecule has 1 N–H and O–H groups in total. The summed E-state index contributed by atoms with van der Waals surface area (Å²) in [5.74, 6) is -1.84. The highest BCUT2D eigenvalue weighted by Crippen LogP contribution is 2.21. The van der Waals surface area contributed by atoms with Crippen LogP contribution in [0.25, 0.3) is 0 Å². The first kappa shape index (κ1) is 15.9. The Morgan fingerprint density at radius 2 is 1.86 bits per heavy atom. The topological polar surface area (TPSA) is 46.2 Å². The molecule has 0 spiro atoms. The summed E-state index contributed by atoms with van der Waals surface area (Å²) in [6.45, 7) is 1.58. The molecule has 0 aliphatic heterocycles. The summed E-state index contributed by atoms with van der Waals surface area (Å²) in [6.07, 6.45) is 0. The summed E-state index contributed by atoms with van der Waals surface area (Å²) in [6, 6.07) is 8.23. The Hall–Kier alpha value is -1.50. The van der Waals surface area contributed by atoms with E-state index in [1.807, 2.05) is 0 Å². The number of halogens is 3. The monoisotopic (exact) mass is 331 g/mol. The van der Waals surface area contributed by atoms with Gasteiger partial charge in [0.15, 0.2) is 0 Å². The molecule has 1 atom stereocenters. The first-order valence-corrected chi connectivity index (χ1v) is 7.88. The number of rotatable bonds is 4. The lowest BCUT2D eigenvalue weighted by atomic mass is 10.1. The van der Waals surface area contributed by atoms with E-state index >= 15 is 0 Å². The zero-order valence-corrected chi connectivity index (χ0v) is 12.5. The molecule has 2 aromatic carbocycles. The molecule has 0 aliphatic rings. The second-order valence-corrected chi connectivity index (χ2v) is 6.59. The summed E-state index contributed by atoms with van der Waals surface area (Å²) in [5.41, 5.74) is 0.614. The van der Waals surface area contributed by atoms with Gasteiger partial charge in [-0.2, -0.15) is 0 Å². The van der Waals surface area contributed by atoms with Crippen LogP contribution in [0.15, 0.2) is 47.4 Å². The highest BCUT2D eigenvalue weighted by atomic mass is 35.5. The first-order valence-electron chi connectivity index (χ1n) is 6.02. The summed E-state index contributed by atoms with van der Waals surface area (Å²) in [7, 11) is -4.18. The predicted molar refractivity (Wildman–Crippen MR) is 76.5 cm³/mol. The number of hydrogen-bond acceptors (Lipinski definition) is 2. The average Bonchev–Trinajstić information content (AvgIpc) is 2.41. The molecule has 7 heteroatoms. The van der Waals surface area contributed by atoms with E-state index in [0.717, 1.165) is 12.1 Å². The fourth-order valence-electron chi connectivity index (χ4n) is 1.82. The van der Waals surface area contributed by atoms with E-state index in [1.54, 1.807) is 31.2 Å². The van der Waals surface area contributed by atoms with E-state index in [9.17, 15) is 17.2 Å². The van der Waals surface area contributed by atoms with Crippen LogP contribution in [-0.4, -0.2) is 8.42 Å². The third-order valence-corrected chi connectivity index (χ3v) is 4.65. The number of sulfonamides is 1. The molecule has 0 heterocycles. The fourth-order valence-corrected chi connectivity index (χ4v) is 3.34. The molecule has 2 rings (SSSR count).